The van der Waals surface area contributed by atoms with E-state index in [0.29, 0.717) is 0 Å². The van der Waals surface area contributed by atoms with Gasteiger partial charge in [-0.25, -0.2) is 0 Å². The summed E-state index contributed by atoms with van der Waals surface area (Å²) in [5.74, 6) is 2.73. The van der Waals surface area contributed by atoms with Crippen LogP contribution in [0.15, 0.2) is 94.2 Å². The van der Waals surface area contributed by atoms with Gasteiger partial charge in [0.1, 0.15) is 11.5 Å². The third kappa shape index (κ3) is 16.2. The second kappa shape index (κ2) is 24.0. The van der Waals surface area contributed by atoms with Crippen molar-refractivity contribution >= 4 is 10.8 Å². The summed E-state index contributed by atoms with van der Waals surface area (Å²) < 4.78 is 11.7. The minimum Gasteiger partial charge on any atom is -0.496 e. The lowest BCUT2D eigenvalue weighted by atomic mass is 9.95. The van der Waals surface area contributed by atoms with Crippen molar-refractivity contribution in [3.05, 3.63) is 105 Å². The summed E-state index contributed by atoms with van der Waals surface area (Å²) in [6, 6.07) is 8.35. The van der Waals surface area contributed by atoms with Gasteiger partial charge in [-0.05, 0) is 143 Å². The van der Waals surface area contributed by atoms with E-state index in [1.165, 1.54) is 72.0 Å². The van der Waals surface area contributed by atoms with E-state index >= 15 is 0 Å². The van der Waals surface area contributed by atoms with E-state index < -0.39 is 0 Å². The van der Waals surface area contributed by atoms with E-state index in [4.69, 9.17) is 9.47 Å². The zero-order valence-corrected chi connectivity index (χ0v) is 34.1. The standard InChI is InChI=1S/C48H72O2/c1-36(2)20-14-21-37(3)22-15-23-38(4)24-16-25-39(5)26-17-27-40(6)28-18-29-41(7)30-19-31-42(8)34-35-44-43(9)47(49-10)45-32-12-13-33-46(45)48(44)50-11/h12-13,22,24,26,28,30,32-34,36H,14-21,23,25,27,29,31,35H2,1-11H3/b37-22+,38-24+,39-26+,40-28+,41-30+,42-34+. The molecule has 0 saturated carbocycles. The van der Waals surface area contributed by atoms with Gasteiger partial charge in [-0.15, -0.1) is 0 Å². The molecule has 2 heteroatoms. The van der Waals surface area contributed by atoms with E-state index in [1.54, 1.807) is 19.8 Å². The Morgan fingerprint density at radius 1 is 0.540 bits per heavy atom. The zero-order valence-electron chi connectivity index (χ0n) is 34.1. The molecule has 0 aliphatic rings. The molecule has 2 rings (SSSR count). The highest BCUT2D eigenvalue weighted by atomic mass is 16.5. The maximum absolute atomic E-state index is 5.91. The van der Waals surface area contributed by atoms with Crippen LogP contribution in [0.4, 0.5) is 0 Å². The van der Waals surface area contributed by atoms with Gasteiger partial charge in [0.25, 0.3) is 0 Å². The van der Waals surface area contributed by atoms with Crippen molar-refractivity contribution < 1.29 is 9.47 Å². The van der Waals surface area contributed by atoms with Gasteiger partial charge in [0.15, 0.2) is 0 Å². The minimum absolute atomic E-state index is 0.818. The summed E-state index contributed by atoms with van der Waals surface area (Å²) in [6.45, 7) is 20.5. The Labute approximate surface area is 308 Å². The second-order valence-electron chi connectivity index (χ2n) is 15.2. The van der Waals surface area contributed by atoms with E-state index in [9.17, 15) is 0 Å². The van der Waals surface area contributed by atoms with Crippen molar-refractivity contribution in [2.75, 3.05) is 14.2 Å². The molecule has 0 unspecified atom stereocenters. The number of hydrogen-bond donors (Lipinski definition) is 0. The molecule has 2 aromatic rings. The van der Waals surface area contributed by atoms with Crippen LogP contribution in [0.2, 0.25) is 0 Å². The summed E-state index contributed by atoms with van der Waals surface area (Å²) in [6.07, 6.45) is 30.8. The van der Waals surface area contributed by atoms with Gasteiger partial charge < -0.3 is 9.47 Å². The fraction of sp³-hybridized carbons (Fsp3) is 0.542. The Hall–Kier alpha value is -3.26. The summed E-state index contributed by atoms with van der Waals surface area (Å²) in [7, 11) is 3.53. The monoisotopic (exact) mass is 681 g/mol. The zero-order chi connectivity index (χ0) is 36.9. The SMILES string of the molecule is COc1c(C)c(C/C=C(\C)CC/C=C(\C)CC/C=C(\C)CC/C=C(\C)CC/C=C(\C)CC/C=C(\C)CCCC(C)C)c(OC)c2ccccc12. The first kappa shape index (κ1) is 42.9. The van der Waals surface area contributed by atoms with Crippen LogP contribution in [0.1, 0.15) is 150 Å². The predicted octanol–water partition coefficient (Wildman–Crippen LogP) is 15.1. The quantitative estimate of drug-likeness (QED) is 0.109. The molecule has 0 saturated heterocycles. The molecule has 0 bridgehead atoms. The van der Waals surface area contributed by atoms with Crippen LogP contribution in [-0.2, 0) is 6.42 Å². The first-order chi connectivity index (χ1) is 24.0. The molecule has 0 aromatic heterocycles. The Bertz CT molecular complexity index is 1500. The number of benzene rings is 2. The second-order valence-corrected chi connectivity index (χ2v) is 15.2. The molecule has 0 atom stereocenters. The van der Waals surface area contributed by atoms with E-state index in [2.05, 4.69) is 123 Å². The molecule has 2 aromatic carbocycles. The Kier molecular flexibility index (Phi) is 20.6. The van der Waals surface area contributed by atoms with Crippen molar-refractivity contribution in [3.8, 4) is 11.5 Å². The summed E-state index contributed by atoms with van der Waals surface area (Å²) in [5, 5.41) is 2.21. The van der Waals surface area contributed by atoms with Crippen LogP contribution in [0.5, 0.6) is 11.5 Å². The predicted molar refractivity (Wildman–Crippen MR) is 223 cm³/mol. The smallest absolute Gasteiger partial charge is 0.130 e. The maximum Gasteiger partial charge on any atom is 0.130 e. The molecule has 0 fully saturated rings. The fourth-order valence-corrected chi connectivity index (χ4v) is 6.70. The van der Waals surface area contributed by atoms with Crippen molar-refractivity contribution in [3.63, 3.8) is 0 Å². The van der Waals surface area contributed by atoms with Crippen LogP contribution >= 0.6 is 0 Å². The topological polar surface area (TPSA) is 18.5 Å². The molecule has 2 nitrogen and oxygen atoms in total. The van der Waals surface area contributed by atoms with Crippen LogP contribution < -0.4 is 9.47 Å². The summed E-state index contributed by atoms with van der Waals surface area (Å²) >= 11 is 0. The number of rotatable bonds is 23. The van der Waals surface area contributed by atoms with E-state index in [1.807, 2.05) is 0 Å². The number of methoxy groups -OCH3 is 2. The van der Waals surface area contributed by atoms with Gasteiger partial charge in [0.05, 0.1) is 14.2 Å². The van der Waals surface area contributed by atoms with Gasteiger partial charge in [-0.3, -0.25) is 0 Å². The van der Waals surface area contributed by atoms with Crippen molar-refractivity contribution in [1.29, 1.82) is 0 Å². The van der Waals surface area contributed by atoms with Crippen LogP contribution in [0.25, 0.3) is 10.8 Å². The summed E-state index contributed by atoms with van der Waals surface area (Å²) in [4.78, 5) is 0. The number of hydrogen-bond acceptors (Lipinski definition) is 2. The highest BCUT2D eigenvalue weighted by Crippen LogP contribution is 2.40. The van der Waals surface area contributed by atoms with Crippen molar-refractivity contribution in [1.82, 2.24) is 0 Å². The van der Waals surface area contributed by atoms with Crippen molar-refractivity contribution in [2.45, 2.75) is 152 Å². The van der Waals surface area contributed by atoms with Crippen LogP contribution in [0, 0.1) is 12.8 Å². The van der Waals surface area contributed by atoms with E-state index in [0.717, 1.165) is 85.1 Å². The molecular weight excluding hydrogens is 609 g/mol. The average Bonchev–Trinajstić information content (AvgIpc) is 3.07. The molecule has 276 valence electrons. The molecule has 0 N–H and O–H groups in total. The lowest BCUT2D eigenvalue weighted by molar-refractivity contribution is 0.404. The minimum atomic E-state index is 0.818. The molecule has 0 heterocycles. The van der Waals surface area contributed by atoms with Crippen LogP contribution in [-0.4, -0.2) is 14.2 Å². The molecule has 0 amide bonds. The third-order valence-corrected chi connectivity index (χ3v) is 10.1. The van der Waals surface area contributed by atoms with Crippen LogP contribution in [0.3, 0.4) is 0 Å². The van der Waals surface area contributed by atoms with Gasteiger partial charge in [-0.1, -0.05) is 114 Å². The largest absolute Gasteiger partial charge is 0.496 e. The first-order valence-electron chi connectivity index (χ1n) is 19.5. The Morgan fingerprint density at radius 3 is 1.28 bits per heavy atom. The highest BCUT2D eigenvalue weighted by molar-refractivity contribution is 5.96. The maximum atomic E-state index is 5.91. The van der Waals surface area contributed by atoms with Gasteiger partial charge in [0, 0.05) is 16.3 Å². The first-order valence-corrected chi connectivity index (χ1v) is 19.5. The van der Waals surface area contributed by atoms with E-state index in [-0.39, 0.29) is 0 Å². The summed E-state index contributed by atoms with van der Waals surface area (Å²) in [5.41, 5.74) is 11.4. The Morgan fingerprint density at radius 2 is 0.900 bits per heavy atom. The number of allylic oxidation sites excluding steroid dienone is 12. The van der Waals surface area contributed by atoms with Gasteiger partial charge in [-0.2, -0.15) is 0 Å². The molecule has 50 heavy (non-hydrogen) atoms. The highest BCUT2D eigenvalue weighted by Gasteiger charge is 2.17. The number of ether oxygens (including phenoxy) is 2. The average molecular weight is 681 g/mol. The molecule has 0 aliphatic carbocycles. The molecular formula is C48H72O2. The molecule has 0 spiro atoms. The number of fused-ring (bicyclic) bond motifs is 1. The normalized spacial score (nSPS) is 13.9. The molecule has 0 aliphatic heterocycles. The lowest BCUT2D eigenvalue weighted by Gasteiger charge is -2.18. The Balaban J connectivity index is 1.71. The molecule has 0 radical (unpaired) electrons. The lowest BCUT2D eigenvalue weighted by Crippen LogP contribution is -2.00. The third-order valence-electron chi connectivity index (χ3n) is 10.1. The van der Waals surface area contributed by atoms with Crippen molar-refractivity contribution in [2.24, 2.45) is 5.92 Å². The van der Waals surface area contributed by atoms with Gasteiger partial charge in [0.2, 0.25) is 0 Å². The fourth-order valence-electron chi connectivity index (χ4n) is 6.70. The van der Waals surface area contributed by atoms with Gasteiger partial charge >= 0.3 is 0 Å².